The molecule has 112 valence electrons. The van der Waals surface area contributed by atoms with Gasteiger partial charge in [0.1, 0.15) is 5.25 Å². The van der Waals surface area contributed by atoms with Crippen LogP contribution in [0, 0.1) is 16.7 Å². The number of rotatable bonds is 6. The Morgan fingerprint density at radius 3 is 2.71 bits per heavy atom. The number of thiocarbonyl (C=S) groups is 1. The van der Waals surface area contributed by atoms with E-state index in [9.17, 15) is 10.1 Å². The Kier molecular flexibility index (Phi) is 6.72. The molecule has 6 heteroatoms. The Labute approximate surface area is 140 Å². The van der Waals surface area contributed by atoms with E-state index in [1.54, 1.807) is 6.92 Å². The van der Waals surface area contributed by atoms with Crippen LogP contribution in [0.15, 0.2) is 29.2 Å². The van der Waals surface area contributed by atoms with E-state index < -0.39 is 16.6 Å². The molecule has 2 atom stereocenters. The summed E-state index contributed by atoms with van der Waals surface area (Å²) in [6.45, 7) is 3.73. The highest BCUT2D eigenvalue weighted by molar-refractivity contribution is 8.23. The molecule has 2 unspecified atom stereocenters. The van der Waals surface area contributed by atoms with Crippen molar-refractivity contribution in [2.24, 2.45) is 5.41 Å². The lowest BCUT2D eigenvalue weighted by atomic mass is 9.89. The maximum Gasteiger partial charge on any atom is 0.316 e. The van der Waals surface area contributed by atoms with Crippen LogP contribution >= 0.6 is 36.6 Å². The van der Waals surface area contributed by atoms with Gasteiger partial charge >= 0.3 is 5.97 Å². The van der Waals surface area contributed by atoms with Crippen LogP contribution in [-0.2, 0) is 11.2 Å². The van der Waals surface area contributed by atoms with Gasteiger partial charge in [0.05, 0.1) is 15.7 Å². The molecule has 0 radical (unpaired) electrons. The number of aryl methyl sites for hydroxylation is 1. The van der Waals surface area contributed by atoms with Crippen molar-refractivity contribution in [2.75, 3.05) is 0 Å². The minimum atomic E-state index is -1.04. The molecule has 1 aromatic rings. The summed E-state index contributed by atoms with van der Waals surface area (Å²) >= 11 is 10.8. The molecule has 0 aliphatic rings. The summed E-state index contributed by atoms with van der Waals surface area (Å²) in [5, 5.41) is 17.5. The Balaban J connectivity index is 2.94. The number of thioether (sulfide) groups is 1. The maximum absolute atomic E-state index is 10.9. The van der Waals surface area contributed by atoms with Crippen molar-refractivity contribution in [1.82, 2.24) is 0 Å². The van der Waals surface area contributed by atoms with Crippen molar-refractivity contribution in [2.45, 2.75) is 36.8 Å². The smallest absolute Gasteiger partial charge is 0.316 e. The Hall–Kier alpha value is -1.03. The monoisotopic (exact) mass is 339 g/mol. The first-order valence-corrected chi connectivity index (χ1v) is 8.20. The number of thiol groups is 1. The van der Waals surface area contributed by atoms with E-state index in [0.29, 0.717) is 4.20 Å². The summed E-state index contributed by atoms with van der Waals surface area (Å²) in [6, 6.07) is 10.0. The van der Waals surface area contributed by atoms with Gasteiger partial charge in [0.25, 0.3) is 0 Å². The second-order valence-electron chi connectivity index (χ2n) is 4.85. The molecule has 0 amide bonds. The normalized spacial score (nSPS) is 14.8. The van der Waals surface area contributed by atoms with Crippen molar-refractivity contribution < 1.29 is 9.90 Å². The standard InChI is InChI=1S/C15H17NO2S3/c1-3-10-6-4-5-7-12(10)21-14(20)15(2,9-16)8-11(19)13(17)18/h4-7,11,19H,3,8H2,1-2H3,(H,17,18). The van der Waals surface area contributed by atoms with E-state index >= 15 is 0 Å². The SMILES string of the molecule is CCc1ccccc1SC(=S)C(C)(C#N)CC(S)C(=O)O. The number of hydrogen-bond donors (Lipinski definition) is 2. The van der Waals surface area contributed by atoms with Gasteiger partial charge in [-0.15, -0.1) is 0 Å². The first kappa shape index (κ1) is 18.0. The predicted molar refractivity (Wildman–Crippen MR) is 93.0 cm³/mol. The average Bonchev–Trinajstić information content (AvgIpc) is 2.47. The molecule has 1 aromatic carbocycles. The molecule has 0 heterocycles. The summed E-state index contributed by atoms with van der Waals surface area (Å²) in [7, 11) is 0. The second kappa shape index (κ2) is 7.83. The van der Waals surface area contributed by atoms with E-state index in [-0.39, 0.29) is 6.42 Å². The van der Waals surface area contributed by atoms with E-state index in [2.05, 4.69) is 25.6 Å². The topological polar surface area (TPSA) is 61.1 Å². The number of benzene rings is 1. The summed E-state index contributed by atoms with van der Waals surface area (Å²) in [5.74, 6) is -1.04. The molecule has 0 fully saturated rings. The Morgan fingerprint density at radius 1 is 1.57 bits per heavy atom. The largest absolute Gasteiger partial charge is 0.480 e. The molecule has 0 spiro atoms. The first-order valence-electron chi connectivity index (χ1n) is 6.46. The highest BCUT2D eigenvalue weighted by Gasteiger charge is 2.34. The van der Waals surface area contributed by atoms with Gasteiger partial charge in [0.15, 0.2) is 0 Å². The third-order valence-electron chi connectivity index (χ3n) is 3.14. The molecular weight excluding hydrogens is 322 g/mol. The van der Waals surface area contributed by atoms with Crippen LogP contribution in [0.5, 0.6) is 0 Å². The number of carboxylic acid groups (broad SMARTS) is 1. The highest BCUT2D eigenvalue weighted by Crippen LogP contribution is 2.36. The van der Waals surface area contributed by atoms with Crippen LogP contribution in [0.1, 0.15) is 25.8 Å². The quantitative estimate of drug-likeness (QED) is 0.466. The van der Waals surface area contributed by atoms with E-state index in [4.69, 9.17) is 17.3 Å². The number of nitriles is 1. The van der Waals surface area contributed by atoms with Crippen LogP contribution in [0.2, 0.25) is 0 Å². The number of carbonyl (C=O) groups is 1. The summed E-state index contributed by atoms with van der Waals surface area (Å²) in [5.41, 5.74) is 0.150. The molecule has 1 rings (SSSR count). The third kappa shape index (κ3) is 4.73. The molecule has 21 heavy (non-hydrogen) atoms. The fourth-order valence-electron chi connectivity index (χ4n) is 1.76. The molecule has 0 aromatic heterocycles. The van der Waals surface area contributed by atoms with Gasteiger partial charge in [-0.25, -0.2) is 0 Å². The molecule has 3 nitrogen and oxygen atoms in total. The molecule has 0 aliphatic heterocycles. The van der Waals surface area contributed by atoms with Gasteiger partial charge in [-0.05, 0) is 31.4 Å². The summed E-state index contributed by atoms with van der Waals surface area (Å²) < 4.78 is 0.478. The summed E-state index contributed by atoms with van der Waals surface area (Å²) in [6.07, 6.45) is 0.960. The molecule has 0 saturated heterocycles. The molecule has 1 N–H and O–H groups in total. The van der Waals surface area contributed by atoms with Crippen LogP contribution in [0.4, 0.5) is 0 Å². The van der Waals surface area contributed by atoms with Gasteiger partial charge in [-0.2, -0.15) is 17.9 Å². The first-order chi connectivity index (χ1) is 9.84. The number of carboxylic acids is 1. The average molecular weight is 340 g/mol. The van der Waals surface area contributed by atoms with Gasteiger partial charge in [0, 0.05) is 4.90 Å². The lowest BCUT2D eigenvalue weighted by Gasteiger charge is -2.24. The zero-order valence-corrected chi connectivity index (χ0v) is 14.4. The van der Waals surface area contributed by atoms with Crippen molar-refractivity contribution in [3.8, 4) is 6.07 Å². The third-order valence-corrected chi connectivity index (χ3v) is 5.50. The lowest BCUT2D eigenvalue weighted by molar-refractivity contribution is -0.136. The zero-order valence-electron chi connectivity index (χ0n) is 11.9. The van der Waals surface area contributed by atoms with Gasteiger partial charge in [-0.3, -0.25) is 4.79 Å². The van der Waals surface area contributed by atoms with Crippen LogP contribution < -0.4 is 0 Å². The lowest BCUT2D eigenvalue weighted by Crippen LogP contribution is -2.29. The van der Waals surface area contributed by atoms with Gasteiger partial charge in [0.2, 0.25) is 0 Å². The van der Waals surface area contributed by atoms with Crippen LogP contribution in [-0.4, -0.2) is 20.5 Å². The fraction of sp³-hybridized carbons (Fsp3) is 0.400. The Morgan fingerprint density at radius 2 is 2.19 bits per heavy atom. The molecule has 0 bridgehead atoms. The van der Waals surface area contributed by atoms with E-state index in [1.165, 1.54) is 11.8 Å². The second-order valence-corrected chi connectivity index (χ2v) is 7.20. The van der Waals surface area contributed by atoms with E-state index in [1.807, 2.05) is 24.3 Å². The summed E-state index contributed by atoms with van der Waals surface area (Å²) in [4.78, 5) is 11.9. The van der Waals surface area contributed by atoms with Gasteiger partial charge < -0.3 is 5.11 Å². The minimum Gasteiger partial charge on any atom is -0.480 e. The van der Waals surface area contributed by atoms with Crippen molar-refractivity contribution in [3.63, 3.8) is 0 Å². The van der Waals surface area contributed by atoms with Crippen LogP contribution in [0.3, 0.4) is 0 Å². The Bertz CT molecular complexity index is 583. The van der Waals surface area contributed by atoms with Gasteiger partial charge in [-0.1, -0.05) is 49.1 Å². The number of aliphatic carboxylic acids is 1. The maximum atomic E-state index is 10.9. The molecule has 0 saturated carbocycles. The highest BCUT2D eigenvalue weighted by atomic mass is 32.2. The predicted octanol–water partition coefficient (Wildman–Crippen LogP) is 3.97. The number of hydrogen-bond acceptors (Lipinski definition) is 5. The van der Waals surface area contributed by atoms with Crippen LogP contribution in [0.25, 0.3) is 0 Å². The number of nitrogens with zero attached hydrogens (tertiary/aromatic N) is 1. The minimum absolute atomic E-state index is 0.0854. The molecular formula is C15H17NO2S3. The van der Waals surface area contributed by atoms with Crippen molar-refractivity contribution in [3.05, 3.63) is 29.8 Å². The van der Waals surface area contributed by atoms with E-state index in [0.717, 1.165) is 16.9 Å². The van der Waals surface area contributed by atoms with Crippen molar-refractivity contribution in [1.29, 1.82) is 5.26 Å². The molecule has 0 aliphatic carbocycles. The zero-order chi connectivity index (χ0) is 16.0. The van der Waals surface area contributed by atoms with Crippen molar-refractivity contribution >= 4 is 46.8 Å². The fourth-order valence-corrected chi connectivity index (χ4v) is 3.56.